The van der Waals surface area contributed by atoms with Gasteiger partial charge in [-0.15, -0.1) is 0 Å². The van der Waals surface area contributed by atoms with Gasteiger partial charge in [-0.3, -0.25) is 4.21 Å². The Morgan fingerprint density at radius 3 is 2.19 bits per heavy atom. The molecular formula is C16H17FO3S. The van der Waals surface area contributed by atoms with Crippen LogP contribution in [0.3, 0.4) is 0 Å². The van der Waals surface area contributed by atoms with Crippen LogP contribution in [-0.4, -0.2) is 16.4 Å². The first-order valence-corrected chi connectivity index (χ1v) is 7.97. The van der Waals surface area contributed by atoms with Crippen LogP contribution in [0.4, 0.5) is 4.39 Å². The van der Waals surface area contributed by atoms with E-state index >= 15 is 0 Å². The molecule has 21 heavy (non-hydrogen) atoms. The van der Waals surface area contributed by atoms with Crippen LogP contribution in [0.15, 0.2) is 42.5 Å². The number of hydrogen-bond acceptors (Lipinski definition) is 3. The maximum Gasteiger partial charge on any atom is 0.165 e. The number of aliphatic hydroxyl groups excluding tert-OH is 1. The summed E-state index contributed by atoms with van der Waals surface area (Å²) in [5.74, 6) is 0.436. The topological polar surface area (TPSA) is 46.5 Å². The molecule has 0 aliphatic heterocycles. The van der Waals surface area contributed by atoms with Crippen molar-refractivity contribution in [1.29, 1.82) is 0 Å². The lowest BCUT2D eigenvalue weighted by atomic mass is 10.2. The lowest BCUT2D eigenvalue weighted by Gasteiger charge is -2.06. The standard InChI is InChI=1S/C16H17FO3S/c1-20-16-7-6-14(8-15(16)17)11-21(19)10-13-4-2-12(9-18)3-5-13/h2-8,18H,9-11H2,1H3. The third kappa shape index (κ3) is 4.37. The maximum atomic E-state index is 13.6. The van der Waals surface area contributed by atoms with E-state index in [2.05, 4.69) is 0 Å². The molecule has 0 spiro atoms. The Kier molecular flexibility index (Phi) is 5.47. The first-order chi connectivity index (χ1) is 10.1. The van der Waals surface area contributed by atoms with Crippen LogP contribution in [0.5, 0.6) is 5.75 Å². The number of methoxy groups -OCH3 is 1. The molecule has 0 heterocycles. The van der Waals surface area contributed by atoms with Crippen molar-refractivity contribution in [1.82, 2.24) is 0 Å². The van der Waals surface area contributed by atoms with Crippen molar-refractivity contribution in [3.63, 3.8) is 0 Å². The molecule has 1 unspecified atom stereocenters. The molecule has 0 radical (unpaired) electrons. The zero-order chi connectivity index (χ0) is 15.2. The molecule has 2 aromatic carbocycles. The molecule has 0 amide bonds. The number of rotatable bonds is 6. The van der Waals surface area contributed by atoms with E-state index < -0.39 is 16.6 Å². The van der Waals surface area contributed by atoms with Crippen molar-refractivity contribution < 1.29 is 18.4 Å². The molecule has 5 heteroatoms. The van der Waals surface area contributed by atoms with Crippen molar-refractivity contribution in [2.75, 3.05) is 7.11 Å². The second kappa shape index (κ2) is 7.33. The van der Waals surface area contributed by atoms with E-state index in [1.54, 1.807) is 18.2 Å². The van der Waals surface area contributed by atoms with Gasteiger partial charge in [-0.05, 0) is 28.8 Å². The van der Waals surface area contributed by atoms with Gasteiger partial charge in [0.25, 0.3) is 0 Å². The first kappa shape index (κ1) is 15.7. The van der Waals surface area contributed by atoms with Crippen LogP contribution in [0.25, 0.3) is 0 Å². The van der Waals surface area contributed by atoms with E-state index in [0.717, 1.165) is 11.1 Å². The van der Waals surface area contributed by atoms with Crippen LogP contribution < -0.4 is 4.74 Å². The van der Waals surface area contributed by atoms with E-state index in [1.165, 1.54) is 19.2 Å². The number of halogens is 1. The number of ether oxygens (including phenoxy) is 1. The van der Waals surface area contributed by atoms with Gasteiger partial charge >= 0.3 is 0 Å². The lowest BCUT2D eigenvalue weighted by Crippen LogP contribution is -2.00. The van der Waals surface area contributed by atoms with Crippen molar-refractivity contribution in [2.45, 2.75) is 18.1 Å². The van der Waals surface area contributed by atoms with E-state index in [9.17, 15) is 8.60 Å². The van der Waals surface area contributed by atoms with Gasteiger partial charge in [-0.25, -0.2) is 4.39 Å². The molecule has 0 aliphatic rings. The summed E-state index contributed by atoms with van der Waals surface area (Å²) in [4.78, 5) is 0. The summed E-state index contributed by atoms with van der Waals surface area (Å²) in [7, 11) is 0.292. The van der Waals surface area contributed by atoms with Crippen LogP contribution in [-0.2, 0) is 28.9 Å². The predicted molar refractivity (Wildman–Crippen MR) is 80.9 cm³/mol. The van der Waals surface area contributed by atoms with Gasteiger partial charge in [-0.2, -0.15) is 0 Å². The molecule has 2 aromatic rings. The van der Waals surface area contributed by atoms with Gasteiger partial charge in [0.1, 0.15) is 0 Å². The third-order valence-corrected chi connectivity index (χ3v) is 4.39. The van der Waals surface area contributed by atoms with Gasteiger partial charge in [0.05, 0.1) is 13.7 Å². The summed E-state index contributed by atoms with van der Waals surface area (Å²) in [6, 6.07) is 11.9. The largest absolute Gasteiger partial charge is 0.494 e. The van der Waals surface area contributed by atoms with Gasteiger partial charge < -0.3 is 9.84 Å². The normalized spacial score (nSPS) is 12.1. The molecule has 112 valence electrons. The molecule has 0 bridgehead atoms. The number of hydrogen-bond donors (Lipinski definition) is 1. The summed E-state index contributed by atoms with van der Waals surface area (Å²) < 4.78 is 30.5. The quantitative estimate of drug-likeness (QED) is 0.892. The van der Waals surface area contributed by atoms with Crippen molar-refractivity contribution in [2.24, 2.45) is 0 Å². The molecular weight excluding hydrogens is 291 g/mol. The smallest absolute Gasteiger partial charge is 0.165 e. The minimum absolute atomic E-state index is 0.00546. The third-order valence-electron chi connectivity index (χ3n) is 3.08. The van der Waals surface area contributed by atoms with E-state index in [1.807, 2.05) is 12.1 Å². The fourth-order valence-electron chi connectivity index (χ4n) is 1.96. The second-order valence-corrected chi connectivity index (χ2v) is 6.13. The highest BCUT2D eigenvalue weighted by molar-refractivity contribution is 7.83. The Bertz CT molecular complexity index is 626. The average Bonchev–Trinajstić information content (AvgIpc) is 2.48. The highest BCUT2D eigenvalue weighted by atomic mass is 32.2. The van der Waals surface area contributed by atoms with Crippen LogP contribution in [0.2, 0.25) is 0 Å². The lowest BCUT2D eigenvalue weighted by molar-refractivity contribution is 0.282. The minimum atomic E-state index is -1.12. The monoisotopic (exact) mass is 308 g/mol. The highest BCUT2D eigenvalue weighted by Gasteiger charge is 2.07. The van der Waals surface area contributed by atoms with Crippen molar-refractivity contribution in [3.05, 3.63) is 65.0 Å². The summed E-state index contributed by atoms with van der Waals surface area (Å²) in [5, 5.41) is 8.97. The zero-order valence-electron chi connectivity index (χ0n) is 11.7. The molecule has 2 rings (SSSR count). The summed E-state index contributed by atoms with van der Waals surface area (Å²) >= 11 is 0. The van der Waals surface area contributed by atoms with Crippen molar-refractivity contribution >= 4 is 10.8 Å². The maximum absolute atomic E-state index is 13.6. The average molecular weight is 308 g/mol. The molecule has 0 aromatic heterocycles. The van der Waals surface area contributed by atoms with Crippen molar-refractivity contribution in [3.8, 4) is 5.75 Å². The Morgan fingerprint density at radius 2 is 1.62 bits per heavy atom. The molecule has 1 N–H and O–H groups in total. The van der Waals surface area contributed by atoms with Crippen LogP contribution in [0.1, 0.15) is 16.7 Å². The summed E-state index contributed by atoms with van der Waals surface area (Å²) in [6.07, 6.45) is 0. The Hall–Kier alpha value is -1.72. The summed E-state index contributed by atoms with van der Waals surface area (Å²) in [5.41, 5.74) is 2.43. The van der Waals surface area contributed by atoms with Gasteiger partial charge in [0.15, 0.2) is 11.6 Å². The Labute approximate surface area is 125 Å². The second-order valence-electron chi connectivity index (χ2n) is 4.67. The Morgan fingerprint density at radius 1 is 1.05 bits per heavy atom. The molecule has 0 saturated carbocycles. The van der Waals surface area contributed by atoms with Crippen LogP contribution >= 0.6 is 0 Å². The molecule has 0 saturated heterocycles. The Balaban J connectivity index is 1.99. The number of aliphatic hydroxyl groups is 1. The van der Waals surface area contributed by atoms with E-state index in [0.29, 0.717) is 17.1 Å². The van der Waals surface area contributed by atoms with Crippen LogP contribution in [0, 0.1) is 5.82 Å². The van der Waals surface area contributed by atoms with Gasteiger partial charge in [0.2, 0.25) is 0 Å². The molecule has 3 nitrogen and oxygen atoms in total. The highest BCUT2D eigenvalue weighted by Crippen LogP contribution is 2.19. The van der Waals surface area contributed by atoms with Gasteiger partial charge in [0, 0.05) is 22.3 Å². The van der Waals surface area contributed by atoms with E-state index in [-0.39, 0.29) is 12.4 Å². The predicted octanol–water partition coefficient (Wildman–Crippen LogP) is 2.78. The zero-order valence-corrected chi connectivity index (χ0v) is 12.5. The first-order valence-electron chi connectivity index (χ1n) is 6.48. The molecule has 0 fully saturated rings. The fraction of sp³-hybridized carbons (Fsp3) is 0.250. The SMILES string of the molecule is COc1ccc(CS(=O)Cc2ccc(CO)cc2)cc1F. The molecule has 1 atom stereocenters. The van der Waals surface area contributed by atoms with Gasteiger partial charge in [-0.1, -0.05) is 30.3 Å². The fourth-order valence-corrected chi connectivity index (χ4v) is 3.18. The number of benzene rings is 2. The van der Waals surface area contributed by atoms with E-state index in [4.69, 9.17) is 9.84 Å². The summed E-state index contributed by atoms with van der Waals surface area (Å²) in [6.45, 7) is -0.00546. The molecule has 0 aliphatic carbocycles. The minimum Gasteiger partial charge on any atom is -0.494 e.